The van der Waals surface area contributed by atoms with Crippen LogP contribution in [0.2, 0.25) is 5.02 Å². The van der Waals surface area contributed by atoms with Gasteiger partial charge in [0.25, 0.3) is 0 Å². The van der Waals surface area contributed by atoms with Crippen LogP contribution in [0, 0.1) is 0 Å². The van der Waals surface area contributed by atoms with Gasteiger partial charge in [0.05, 0.1) is 0 Å². The van der Waals surface area contributed by atoms with E-state index in [1.165, 1.54) is 6.92 Å². The Morgan fingerprint density at radius 3 is 2.25 bits per heavy atom. The van der Waals surface area contributed by atoms with Gasteiger partial charge in [-0.05, 0) is 44.0 Å². The van der Waals surface area contributed by atoms with Crippen LogP contribution in [0.25, 0.3) is 0 Å². The summed E-state index contributed by atoms with van der Waals surface area (Å²) in [6.45, 7) is 1.49. The lowest BCUT2D eigenvalue weighted by Crippen LogP contribution is -2.48. The highest BCUT2D eigenvalue weighted by atomic mass is 35.5. The number of amides is 1. The van der Waals surface area contributed by atoms with Crippen LogP contribution in [0.1, 0.15) is 26.2 Å². The molecule has 1 aromatic carbocycles. The smallest absolute Gasteiger partial charge is 0.371 e. The Labute approximate surface area is 120 Å². The van der Waals surface area contributed by atoms with E-state index >= 15 is 0 Å². The molecule has 0 aliphatic heterocycles. The maximum atomic E-state index is 12.2. The first-order valence-electron chi connectivity index (χ1n) is 6.03. The highest BCUT2D eigenvalue weighted by molar-refractivity contribution is 6.30. The van der Waals surface area contributed by atoms with E-state index in [2.05, 4.69) is 5.32 Å². The van der Waals surface area contributed by atoms with Gasteiger partial charge in [0.2, 0.25) is 5.91 Å². The molecule has 1 unspecified atom stereocenters. The van der Waals surface area contributed by atoms with Gasteiger partial charge in [-0.2, -0.15) is 13.2 Å². The van der Waals surface area contributed by atoms with Crippen molar-refractivity contribution in [1.82, 2.24) is 0 Å². The minimum absolute atomic E-state index is 0.00945. The number of carbonyl (C=O) groups excluding carboxylic acids is 1. The third kappa shape index (κ3) is 5.28. The average Bonchev–Trinajstić information content (AvgIpc) is 2.30. The first-order valence-corrected chi connectivity index (χ1v) is 6.41. The molecule has 1 atom stereocenters. The zero-order chi connectivity index (χ0) is 15.4. The van der Waals surface area contributed by atoms with E-state index in [0.29, 0.717) is 10.7 Å². The molecule has 1 aromatic rings. The molecule has 7 heteroatoms. The Kier molecular flexibility index (Phi) is 5.28. The zero-order valence-corrected chi connectivity index (χ0v) is 11.7. The molecule has 3 N–H and O–H groups in total. The first-order chi connectivity index (χ1) is 9.12. The molecule has 0 fully saturated rings. The van der Waals surface area contributed by atoms with Crippen molar-refractivity contribution < 1.29 is 18.0 Å². The van der Waals surface area contributed by atoms with Crippen LogP contribution in [0.3, 0.4) is 0 Å². The van der Waals surface area contributed by atoms with Gasteiger partial charge in [0.1, 0.15) is 5.54 Å². The van der Waals surface area contributed by atoms with E-state index in [4.69, 9.17) is 17.3 Å². The Balaban J connectivity index is 2.71. The molecule has 112 valence electrons. The summed E-state index contributed by atoms with van der Waals surface area (Å²) in [4.78, 5) is 11.5. The monoisotopic (exact) mass is 308 g/mol. The topological polar surface area (TPSA) is 55.1 Å². The van der Waals surface area contributed by atoms with Crippen molar-refractivity contribution in [3.63, 3.8) is 0 Å². The molecule has 0 saturated carbocycles. The van der Waals surface area contributed by atoms with E-state index in [-0.39, 0.29) is 12.8 Å². The number of benzene rings is 1. The predicted molar refractivity (Wildman–Crippen MR) is 72.6 cm³/mol. The van der Waals surface area contributed by atoms with Crippen LogP contribution in [-0.2, 0) is 4.79 Å². The Morgan fingerprint density at radius 2 is 1.80 bits per heavy atom. The molecule has 1 rings (SSSR count). The summed E-state index contributed by atoms with van der Waals surface area (Å²) in [5.41, 5.74) is 4.62. The fraction of sp³-hybridized carbons (Fsp3) is 0.462. The summed E-state index contributed by atoms with van der Waals surface area (Å²) >= 11 is 5.73. The summed E-state index contributed by atoms with van der Waals surface area (Å²) in [5, 5.41) is 3.39. The second-order valence-electron chi connectivity index (χ2n) is 4.80. The number of nitrogens with one attached hydrogen (secondary N) is 1. The zero-order valence-electron chi connectivity index (χ0n) is 10.9. The number of hydrogen-bond acceptors (Lipinski definition) is 2. The molecule has 0 radical (unpaired) electrons. The van der Waals surface area contributed by atoms with Gasteiger partial charge in [-0.15, -0.1) is 0 Å². The van der Waals surface area contributed by atoms with Crippen molar-refractivity contribution in [1.29, 1.82) is 0 Å². The van der Waals surface area contributed by atoms with E-state index in [1.54, 1.807) is 24.3 Å². The lowest BCUT2D eigenvalue weighted by atomic mass is 9.93. The standard InChI is InChI=1S/C13H16ClF3N2O/c1-12(11(18)20,7-2-8-13(15,16)17)19-10-5-3-9(14)4-6-10/h3-6,19H,2,7-8H2,1H3,(H2,18,20). The van der Waals surface area contributed by atoms with Gasteiger partial charge >= 0.3 is 6.18 Å². The fourth-order valence-electron chi connectivity index (χ4n) is 1.74. The minimum atomic E-state index is -4.24. The van der Waals surface area contributed by atoms with Crippen molar-refractivity contribution in [2.75, 3.05) is 5.32 Å². The molecule has 3 nitrogen and oxygen atoms in total. The maximum Gasteiger partial charge on any atom is 0.389 e. The number of primary amides is 1. The first kappa shape index (κ1) is 16.6. The highest BCUT2D eigenvalue weighted by Gasteiger charge is 2.33. The number of carbonyl (C=O) groups is 1. The second-order valence-corrected chi connectivity index (χ2v) is 5.23. The largest absolute Gasteiger partial charge is 0.389 e. The lowest BCUT2D eigenvalue weighted by Gasteiger charge is -2.29. The van der Waals surface area contributed by atoms with Crippen LogP contribution in [-0.4, -0.2) is 17.6 Å². The van der Waals surface area contributed by atoms with Crippen molar-refractivity contribution in [3.05, 3.63) is 29.3 Å². The molecule has 20 heavy (non-hydrogen) atoms. The van der Waals surface area contributed by atoms with E-state index in [0.717, 1.165) is 0 Å². The van der Waals surface area contributed by atoms with E-state index in [9.17, 15) is 18.0 Å². The number of hydrogen-bond donors (Lipinski definition) is 2. The summed E-state index contributed by atoms with van der Waals surface area (Å²) in [5.74, 6) is -0.699. The Bertz CT molecular complexity index is 462. The van der Waals surface area contributed by atoms with Gasteiger partial charge < -0.3 is 11.1 Å². The third-order valence-corrected chi connectivity index (χ3v) is 3.20. The normalized spacial score (nSPS) is 14.7. The number of alkyl halides is 3. The van der Waals surface area contributed by atoms with Crippen molar-refractivity contribution in [3.8, 4) is 0 Å². The fourth-order valence-corrected chi connectivity index (χ4v) is 1.87. The molecular weight excluding hydrogens is 293 g/mol. The number of rotatable bonds is 6. The minimum Gasteiger partial charge on any atom is -0.371 e. The summed E-state index contributed by atoms with van der Waals surface area (Å²) in [6.07, 6.45) is -5.37. The van der Waals surface area contributed by atoms with Gasteiger partial charge in [0.15, 0.2) is 0 Å². The molecule has 0 saturated heterocycles. The lowest BCUT2D eigenvalue weighted by molar-refractivity contribution is -0.137. The molecular formula is C13H16ClF3N2O. The van der Waals surface area contributed by atoms with Crippen LogP contribution in [0.15, 0.2) is 24.3 Å². The van der Waals surface area contributed by atoms with Gasteiger partial charge in [0, 0.05) is 17.1 Å². The average molecular weight is 309 g/mol. The molecule has 0 bridgehead atoms. The molecule has 0 aliphatic carbocycles. The summed E-state index contributed by atoms with van der Waals surface area (Å²) < 4.78 is 36.5. The molecule has 0 aliphatic rings. The van der Waals surface area contributed by atoms with Gasteiger partial charge in [-0.3, -0.25) is 4.79 Å². The van der Waals surface area contributed by atoms with Gasteiger partial charge in [-0.1, -0.05) is 11.6 Å². The molecule has 0 aromatic heterocycles. The number of nitrogens with two attached hydrogens (primary N) is 1. The van der Waals surface area contributed by atoms with Crippen molar-refractivity contribution in [2.45, 2.75) is 37.9 Å². The van der Waals surface area contributed by atoms with E-state index in [1.807, 2.05) is 0 Å². The maximum absolute atomic E-state index is 12.2. The van der Waals surface area contributed by atoms with E-state index < -0.39 is 24.0 Å². The van der Waals surface area contributed by atoms with Crippen molar-refractivity contribution in [2.24, 2.45) is 5.73 Å². The Hall–Kier alpha value is -1.43. The van der Waals surface area contributed by atoms with Crippen LogP contribution in [0.4, 0.5) is 18.9 Å². The highest BCUT2D eigenvalue weighted by Crippen LogP contribution is 2.27. The SMILES string of the molecule is CC(CCCC(F)(F)F)(Nc1ccc(Cl)cc1)C(N)=O. The van der Waals surface area contributed by atoms with Crippen molar-refractivity contribution >= 4 is 23.2 Å². The second kappa shape index (κ2) is 6.35. The van der Waals surface area contributed by atoms with Crippen LogP contribution >= 0.6 is 11.6 Å². The van der Waals surface area contributed by atoms with Crippen LogP contribution in [0.5, 0.6) is 0 Å². The number of anilines is 1. The molecule has 1 amide bonds. The molecule has 0 spiro atoms. The summed E-state index contributed by atoms with van der Waals surface area (Å²) in [6, 6.07) is 6.49. The quantitative estimate of drug-likeness (QED) is 0.841. The van der Waals surface area contributed by atoms with Crippen LogP contribution < -0.4 is 11.1 Å². The van der Waals surface area contributed by atoms with Gasteiger partial charge in [-0.25, -0.2) is 0 Å². The summed E-state index contributed by atoms with van der Waals surface area (Å²) in [7, 11) is 0. The molecule has 0 heterocycles. The Morgan fingerprint density at radius 1 is 1.25 bits per heavy atom. The third-order valence-electron chi connectivity index (χ3n) is 2.95. The predicted octanol–water partition coefficient (Wildman–Crippen LogP) is 3.73. The number of halogens is 4.